The van der Waals surface area contributed by atoms with Crippen LogP contribution in [0.5, 0.6) is 11.5 Å². The van der Waals surface area contributed by atoms with E-state index < -0.39 is 17.1 Å². The van der Waals surface area contributed by atoms with Gasteiger partial charge in [-0.25, -0.2) is 0 Å². The monoisotopic (exact) mass is 303 g/mol. The first kappa shape index (κ1) is 14.0. The van der Waals surface area contributed by atoms with Crippen LogP contribution in [-0.2, 0) is 16.6 Å². The van der Waals surface area contributed by atoms with Crippen LogP contribution in [0.3, 0.4) is 0 Å². The summed E-state index contributed by atoms with van der Waals surface area (Å²) in [5, 5.41) is 25.0. The number of rotatable bonds is 2. The van der Waals surface area contributed by atoms with Crippen LogP contribution in [-0.4, -0.2) is 40.3 Å². The third-order valence-electron chi connectivity index (χ3n) is 5.90. The Morgan fingerprint density at radius 3 is 2.95 bits per heavy atom. The average Bonchev–Trinajstić information content (AvgIpc) is 2.82. The fourth-order valence-corrected chi connectivity index (χ4v) is 4.79. The van der Waals surface area contributed by atoms with Gasteiger partial charge in [-0.05, 0) is 37.9 Å². The van der Waals surface area contributed by atoms with Crippen molar-refractivity contribution in [3.05, 3.63) is 23.3 Å². The predicted octanol–water partition coefficient (Wildman–Crippen LogP) is 1.04. The van der Waals surface area contributed by atoms with E-state index in [9.17, 15) is 15.0 Å². The minimum Gasteiger partial charge on any atom is -0.504 e. The van der Waals surface area contributed by atoms with Gasteiger partial charge in [-0.3, -0.25) is 4.79 Å². The Morgan fingerprint density at radius 1 is 1.45 bits per heavy atom. The number of aromatic hydroxyl groups is 1. The molecule has 2 aliphatic carbocycles. The lowest BCUT2D eigenvalue weighted by molar-refractivity contribution is -0.155. The summed E-state index contributed by atoms with van der Waals surface area (Å²) in [4.78, 5) is 12.4. The molecule has 0 bridgehead atoms. The molecule has 1 fully saturated rings. The fraction of sp³-hybridized carbons (Fsp3) is 0.588. The van der Waals surface area contributed by atoms with E-state index in [1.807, 2.05) is 19.9 Å². The van der Waals surface area contributed by atoms with Crippen molar-refractivity contribution < 1.29 is 19.7 Å². The lowest BCUT2D eigenvalue weighted by Gasteiger charge is -2.55. The normalized spacial score (nSPS) is 38.6. The summed E-state index contributed by atoms with van der Waals surface area (Å²) in [5.74, 6) is 0.436. The minimum absolute atomic E-state index is 0.00544. The van der Waals surface area contributed by atoms with Crippen LogP contribution in [0.2, 0.25) is 0 Å². The van der Waals surface area contributed by atoms with Gasteiger partial charge >= 0.3 is 0 Å². The molecular weight excluding hydrogens is 282 g/mol. The van der Waals surface area contributed by atoms with Crippen molar-refractivity contribution in [3.63, 3.8) is 0 Å². The second-order valence-corrected chi connectivity index (χ2v) is 6.85. The number of phenols is 1. The third-order valence-corrected chi connectivity index (χ3v) is 5.90. The molecule has 0 spiro atoms. The molecule has 1 saturated carbocycles. The zero-order valence-electron chi connectivity index (χ0n) is 12.8. The van der Waals surface area contributed by atoms with Crippen molar-refractivity contribution in [1.82, 2.24) is 5.32 Å². The third kappa shape index (κ3) is 1.39. The standard InChI is InChI=1S/C17H21NO4/c1-3-18-12-8-9-4-5-10(19)14-13(9)16(2)15(22-14)11(20)6-7-17(12,16)21/h4-5,12,15,18-19,21H,3,6-8H2,1-2H3/t12?,15-,16-,17+/m0/s1. The molecule has 1 unspecified atom stereocenters. The molecule has 3 N–H and O–H groups in total. The van der Waals surface area contributed by atoms with Crippen molar-refractivity contribution in [2.75, 3.05) is 6.54 Å². The van der Waals surface area contributed by atoms with Crippen molar-refractivity contribution in [2.24, 2.45) is 0 Å². The zero-order valence-corrected chi connectivity index (χ0v) is 12.8. The molecule has 4 atom stereocenters. The van der Waals surface area contributed by atoms with Gasteiger partial charge in [0.15, 0.2) is 23.4 Å². The molecule has 0 amide bonds. The summed E-state index contributed by atoms with van der Waals surface area (Å²) >= 11 is 0. The number of likely N-dealkylation sites (N-methyl/N-ethyl adjacent to an activating group) is 1. The number of ether oxygens (including phenoxy) is 1. The Hall–Kier alpha value is -1.59. The molecule has 1 aromatic rings. The molecule has 3 aliphatic rings. The molecule has 0 aromatic heterocycles. The molecule has 118 valence electrons. The summed E-state index contributed by atoms with van der Waals surface area (Å²) in [6.07, 6.45) is 0.694. The van der Waals surface area contributed by atoms with Crippen LogP contribution in [0, 0.1) is 0 Å². The van der Waals surface area contributed by atoms with Crippen LogP contribution in [0.15, 0.2) is 12.1 Å². The van der Waals surface area contributed by atoms with Crippen LogP contribution in [0.4, 0.5) is 0 Å². The average molecular weight is 303 g/mol. The number of aliphatic hydroxyl groups is 1. The van der Waals surface area contributed by atoms with E-state index >= 15 is 0 Å². The quantitative estimate of drug-likeness (QED) is 0.761. The number of ketones is 1. The van der Waals surface area contributed by atoms with E-state index in [0.29, 0.717) is 25.0 Å². The SMILES string of the molecule is CCNC1Cc2ccc(O)c3c2[C@@]2(C)[C@@H](O3)C(=O)CC[C@@]12O. The van der Waals surface area contributed by atoms with Gasteiger partial charge < -0.3 is 20.3 Å². The second kappa shape index (κ2) is 4.24. The Bertz CT molecular complexity index is 673. The summed E-state index contributed by atoms with van der Waals surface area (Å²) in [6, 6.07) is 3.38. The number of nitrogens with one attached hydrogen (secondary N) is 1. The van der Waals surface area contributed by atoms with Gasteiger partial charge in [-0.1, -0.05) is 13.0 Å². The maximum atomic E-state index is 12.4. The predicted molar refractivity (Wildman–Crippen MR) is 80.2 cm³/mol. The van der Waals surface area contributed by atoms with E-state index in [2.05, 4.69) is 5.32 Å². The zero-order chi connectivity index (χ0) is 15.7. The van der Waals surface area contributed by atoms with Gasteiger partial charge in [0.25, 0.3) is 0 Å². The number of hydrogen-bond donors (Lipinski definition) is 3. The number of carbonyl (C=O) groups excluding carboxylic acids is 1. The molecule has 0 saturated heterocycles. The Labute approximate surface area is 129 Å². The highest BCUT2D eigenvalue weighted by Gasteiger charge is 2.68. The molecule has 22 heavy (non-hydrogen) atoms. The van der Waals surface area contributed by atoms with Gasteiger partial charge in [0.05, 0.1) is 11.0 Å². The number of hydrogen-bond acceptors (Lipinski definition) is 5. The summed E-state index contributed by atoms with van der Waals surface area (Å²) < 4.78 is 5.85. The molecule has 1 aromatic carbocycles. The maximum absolute atomic E-state index is 12.4. The number of Topliss-reactive ketones (excluding diaryl/α,β-unsaturated/α-hetero) is 1. The Kier molecular flexibility index (Phi) is 2.70. The summed E-state index contributed by atoms with van der Waals surface area (Å²) in [7, 11) is 0. The van der Waals surface area contributed by atoms with Gasteiger partial charge in [0.1, 0.15) is 0 Å². The fourth-order valence-electron chi connectivity index (χ4n) is 4.79. The van der Waals surface area contributed by atoms with E-state index in [4.69, 9.17) is 4.74 Å². The second-order valence-electron chi connectivity index (χ2n) is 6.85. The number of phenolic OH excluding ortho intramolecular Hbond substituents is 1. The van der Waals surface area contributed by atoms with E-state index in [1.54, 1.807) is 6.07 Å². The smallest absolute Gasteiger partial charge is 0.174 e. The van der Waals surface area contributed by atoms with Crippen LogP contribution in [0.1, 0.15) is 37.8 Å². The first-order valence-electron chi connectivity index (χ1n) is 7.94. The highest BCUT2D eigenvalue weighted by Crippen LogP contribution is 2.60. The molecule has 1 heterocycles. The lowest BCUT2D eigenvalue weighted by Crippen LogP contribution is -2.71. The van der Waals surface area contributed by atoms with Gasteiger partial charge in [0, 0.05) is 18.0 Å². The summed E-state index contributed by atoms with van der Waals surface area (Å²) in [5.41, 5.74) is 0.00935. The van der Waals surface area contributed by atoms with Crippen LogP contribution in [0.25, 0.3) is 0 Å². The number of benzene rings is 1. The lowest BCUT2D eigenvalue weighted by atomic mass is 9.53. The van der Waals surface area contributed by atoms with Crippen LogP contribution >= 0.6 is 0 Å². The van der Waals surface area contributed by atoms with E-state index in [-0.39, 0.29) is 17.6 Å². The maximum Gasteiger partial charge on any atom is 0.174 e. The first-order chi connectivity index (χ1) is 10.4. The minimum atomic E-state index is -1.05. The Morgan fingerprint density at radius 2 is 2.23 bits per heavy atom. The topological polar surface area (TPSA) is 78.8 Å². The molecule has 0 radical (unpaired) electrons. The summed E-state index contributed by atoms with van der Waals surface area (Å²) in [6.45, 7) is 4.68. The van der Waals surface area contributed by atoms with Gasteiger partial charge in [-0.2, -0.15) is 0 Å². The first-order valence-corrected chi connectivity index (χ1v) is 7.94. The largest absolute Gasteiger partial charge is 0.504 e. The highest BCUT2D eigenvalue weighted by molar-refractivity contribution is 5.89. The van der Waals surface area contributed by atoms with E-state index in [0.717, 1.165) is 17.7 Å². The molecule has 1 aliphatic heterocycles. The van der Waals surface area contributed by atoms with Crippen molar-refractivity contribution in [2.45, 2.75) is 56.3 Å². The van der Waals surface area contributed by atoms with Gasteiger partial charge in [-0.15, -0.1) is 0 Å². The van der Waals surface area contributed by atoms with Crippen molar-refractivity contribution in [1.29, 1.82) is 0 Å². The van der Waals surface area contributed by atoms with Crippen molar-refractivity contribution >= 4 is 5.78 Å². The van der Waals surface area contributed by atoms with Crippen LogP contribution < -0.4 is 10.1 Å². The van der Waals surface area contributed by atoms with Gasteiger partial charge in [0.2, 0.25) is 0 Å². The number of carbonyl (C=O) groups is 1. The Balaban J connectivity index is 1.99. The molecule has 5 heteroatoms. The van der Waals surface area contributed by atoms with Crippen molar-refractivity contribution in [3.8, 4) is 11.5 Å². The highest BCUT2D eigenvalue weighted by atomic mass is 16.5. The molecular formula is C17H21NO4. The van der Waals surface area contributed by atoms with E-state index in [1.165, 1.54) is 0 Å². The molecule has 4 rings (SSSR count). The molecule has 5 nitrogen and oxygen atoms in total.